The topological polar surface area (TPSA) is 15.7 Å². The van der Waals surface area contributed by atoms with E-state index in [4.69, 9.17) is 4.74 Å². The monoisotopic (exact) mass is 302 g/mol. The molecule has 1 aromatic carbocycles. The SMILES string of the molecule is COCCN1CCN(c2cc(C)cc(C(F)(F)F)c2)CC1. The minimum absolute atomic E-state index is 0.570. The van der Waals surface area contributed by atoms with Crippen LogP contribution >= 0.6 is 0 Å². The van der Waals surface area contributed by atoms with E-state index in [1.807, 2.05) is 11.0 Å². The van der Waals surface area contributed by atoms with Crippen LogP contribution in [0.3, 0.4) is 0 Å². The number of aryl methyl sites for hydroxylation is 1. The van der Waals surface area contributed by atoms with Crippen LogP contribution in [0.4, 0.5) is 18.9 Å². The third kappa shape index (κ3) is 4.35. The molecule has 0 bridgehead atoms. The van der Waals surface area contributed by atoms with Gasteiger partial charge in [0, 0.05) is 45.5 Å². The summed E-state index contributed by atoms with van der Waals surface area (Å²) >= 11 is 0. The van der Waals surface area contributed by atoms with Crippen LogP contribution in [-0.2, 0) is 10.9 Å². The zero-order valence-corrected chi connectivity index (χ0v) is 12.4. The van der Waals surface area contributed by atoms with Crippen molar-refractivity contribution in [1.29, 1.82) is 0 Å². The second-order valence-electron chi connectivity index (χ2n) is 5.38. The van der Waals surface area contributed by atoms with Crippen LogP contribution in [-0.4, -0.2) is 51.3 Å². The van der Waals surface area contributed by atoms with Crippen molar-refractivity contribution in [3.8, 4) is 0 Å². The first kappa shape index (κ1) is 16.1. The van der Waals surface area contributed by atoms with Gasteiger partial charge in [0.25, 0.3) is 0 Å². The molecule has 1 aliphatic heterocycles. The Morgan fingerprint density at radius 3 is 2.33 bits per heavy atom. The van der Waals surface area contributed by atoms with Crippen molar-refractivity contribution >= 4 is 5.69 Å². The average Bonchev–Trinajstić information content (AvgIpc) is 2.44. The molecular formula is C15H21F3N2O. The van der Waals surface area contributed by atoms with E-state index >= 15 is 0 Å². The molecule has 0 amide bonds. The summed E-state index contributed by atoms with van der Waals surface area (Å²) in [7, 11) is 1.67. The zero-order chi connectivity index (χ0) is 15.5. The highest BCUT2D eigenvalue weighted by Crippen LogP contribution is 2.33. The Morgan fingerprint density at radius 1 is 1.10 bits per heavy atom. The molecular weight excluding hydrogens is 281 g/mol. The second kappa shape index (κ2) is 6.66. The Bertz CT molecular complexity index is 468. The molecule has 21 heavy (non-hydrogen) atoms. The van der Waals surface area contributed by atoms with Crippen molar-refractivity contribution in [1.82, 2.24) is 4.90 Å². The van der Waals surface area contributed by atoms with E-state index in [0.717, 1.165) is 32.7 Å². The summed E-state index contributed by atoms with van der Waals surface area (Å²) < 4.78 is 43.7. The maximum atomic E-state index is 12.9. The number of nitrogens with zero attached hydrogens (tertiary/aromatic N) is 2. The number of hydrogen-bond donors (Lipinski definition) is 0. The molecule has 1 heterocycles. The van der Waals surface area contributed by atoms with Gasteiger partial charge >= 0.3 is 6.18 Å². The van der Waals surface area contributed by atoms with E-state index in [9.17, 15) is 13.2 Å². The number of piperazine rings is 1. The van der Waals surface area contributed by atoms with E-state index in [1.165, 1.54) is 12.1 Å². The number of rotatable bonds is 4. The summed E-state index contributed by atoms with van der Waals surface area (Å²) in [6.07, 6.45) is -4.29. The predicted octanol–water partition coefficient (Wildman–Crippen LogP) is 2.78. The van der Waals surface area contributed by atoms with Gasteiger partial charge in [-0.15, -0.1) is 0 Å². The van der Waals surface area contributed by atoms with Gasteiger partial charge in [-0.2, -0.15) is 13.2 Å². The summed E-state index contributed by atoms with van der Waals surface area (Å²) in [5, 5.41) is 0. The van der Waals surface area contributed by atoms with Crippen LogP contribution in [0, 0.1) is 6.92 Å². The van der Waals surface area contributed by atoms with Crippen molar-refractivity contribution in [3.63, 3.8) is 0 Å². The van der Waals surface area contributed by atoms with Crippen LogP contribution in [0.15, 0.2) is 18.2 Å². The lowest BCUT2D eigenvalue weighted by Crippen LogP contribution is -2.47. The summed E-state index contributed by atoms with van der Waals surface area (Å²) in [6.45, 7) is 6.43. The van der Waals surface area contributed by atoms with Crippen molar-refractivity contribution in [3.05, 3.63) is 29.3 Å². The largest absolute Gasteiger partial charge is 0.416 e. The number of alkyl halides is 3. The molecule has 0 aromatic heterocycles. The van der Waals surface area contributed by atoms with E-state index in [2.05, 4.69) is 4.90 Å². The summed E-state index contributed by atoms with van der Waals surface area (Å²) in [5.74, 6) is 0. The second-order valence-corrected chi connectivity index (χ2v) is 5.38. The highest BCUT2D eigenvalue weighted by atomic mass is 19.4. The van der Waals surface area contributed by atoms with Gasteiger partial charge in [0.15, 0.2) is 0 Å². The molecule has 118 valence electrons. The highest BCUT2D eigenvalue weighted by molar-refractivity contribution is 5.52. The third-order valence-corrected chi connectivity index (χ3v) is 3.74. The maximum absolute atomic E-state index is 12.9. The fourth-order valence-corrected chi connectivity index (χ4v) is 2.56. The molecule has 0 spiro atoms. The Labute approximate surface area is 123 Å². The van der Waals surface area contributed by atoms with Crippen molar-refractivity contribution < 1.29 is 17.9 Å². The van der Waals surface area contributed by atoms with Crippen molar-refractivity contribution in [2.45, 2.75) is 13.1 Å². The molecule has 0 atom stereocenters. The zero-order valence-electron chi connectivity index (χ0n) is 12.4. The Hall–Kier alpha value is -1.27. The van der Waals surface area contributed by atoms with E-state index in [0.29, 0.717) is 17.9 Å². The number of methoxy groups -OCH3 is 1. The minimum Gasteiger partial charge on any atom is -0.383 e. The van der Waals surface area contributed by atoms with Crippen LogP contribution in [0.2, 0.25) is 0 Å². The fraction of sp³-hybridized carbons (Fsp3) is 0.600. The highest BCUT2D eigenvalue weighted by Gasteiger charge is 2.31. The van der Waals surface area contributed by atoms with Crippen LogP contribution < -0.4 is 4.90 Å². The summed E-state index contributed by atoms with van der Waals surface area (Å²) in [6, 6.07) is 4.26. The normalized spacial score (nSPS) is 17.3. The lowest BCUT2D eigenvalue weighted by molar-refractivity contribution is -0.137. The van der Waals surface area contributed by atoms with Gasteiger partial charge in [-0.3, -0.25) is 4.90 Å². The molecule has 1 fully saturated rings. The molecule has 6 heteroatoms. The first-order valence-corrected chi connectivity index (χ1v) is 7.05. The average molecular weight is 302 g/mol. The van der Waals surface area contributed by atoms with E-state index in [1.54, 1.807) is 14.0 Å². The van der Waals surface area contributed by atoms with Gasteiger partial charge < -0.3 is 9.64 Å². The fourth-order valence-electron chi connectivity index (χ4n) is 2.56. The van der Waals surface area contributed by atoms with Crippen LogP contribution in [0.5, 0.6) is 0 Å². The molecule has 0 radical (unpaired) electrons. The molecule has 3 nitrogen and oxygen atoms in total. The smallest absolute Gasteiger partial charge is 0.383 e. The third-order valence-electron chi connectivity index (χ3n) is 3.74. The van der Waals surface area contributed by atoms with Gasteiger partial charge in [0.2, 0.25) is 0 Å². The molecule has 1 aromatic rings. The van der Waals surface area contributed by atoms with Gasteiger partial charge in [-0.05, 0) is 30.7 Å². The number of hydrogen-bond acceptors (Lipinski definition) is 3. The number of benzene rings is 1. The minimum atomic E-state index is -4.29. The quantitative estimate of drug-likeness (QED) is 0.850. The maximum Gasteiger partial charge on any atom is 0.416 e. The molecule has 0 unspecified atom stereocenters. The summed E-state index contributed by atoms with van der Waals surface area (Å²) in [4.78, 5) is 4.28. The Balaban J connectivity index is 2.05. The Morgan fingerprint density at radius 2 is 1.76 bits per heavy atom. The Kier molecular flexibility index (Phi) is 5.11. The number of ether oxygens (including phenoxy) is 1. The van der Waals surface area contributed by atoms with E-state index < -0.39 is 11.7 Å². The number of halogens is 3. The van der Waals surface area contributed by atoms with Gasteiger partial charge in [0.1, 0.15) is 0 Å². The van der Waals surface area contributed by atoms with Gasteiger partial charge in [-0.25, -0.2) is 0 Å². The first-order valence-electron chi connectivity index (χ1n) is 7.05. The first-order chi connectivity index (χ1) is 9.90. The molecule has 0 N–H and O–H groups in total. The van der Waals surface area contributed by atoms with Crippen LogP contribution in [0.1, 0.15) is 11.1 Å². The molecule has 1 saturated heterocycles. The molecule has 0 aliphatic carbocycles. The van der Waals surface area contributed by atoms with Gasteiger partial charge in [0.05, 0.1) is 12.2 Å². The lowest BCUT2D eigenvalue weighted by Gasteiger charge is -2.36. The standard InChI is InChI=1S/C15H21F3N2O/c1-12-9-13(15(16,17)18)11-14(10-12)20-5-3-19(4-6-20)7-8-21-2/h9-11H,3-8H2,1-2H3. The lowest BCUT2D eigenvalue weighted by atomic mass is 10.1. The van der Waals surface area contributed by atoms with Gasteiger partial charge in [-0.1, -0.05) is 0 Å². The van der Waals surface area contributed by atoms with E-state index in [-0.39, 0.29) is 0 Å². The molecule has 2 rings (SSSR count). The summed E-state index contributed by atoms with van der Waals surface area (Å²) in [5.41, 5.74) is 0.731. The predicted molar refractivity (Wildman–Crippen MR) is 76.7 cm³/mol. The van der Waals surface area contributed by atoms with Crippen LogP contribution in [0.25, 0.3) is 0 Å². The number of anilines is 1. The van der Waals surface area contributed by atoms with Crippen molar-refractivity contribution in [2.75, 3.05) is 51.3 Å². The molecule has 1 aliphatic rings. The molecule has 0 saturated carbocycles. The van der Waals surface area contributed by atoms with Crippen molar-refractivity contribution in [2.24, 2.45) is 0 Å².